The highest BCUT2D eigenvalue weighted by Crippen LogP contribution is 2.60. The fraction of sp³-hybridized carbons (Fsp3) is 0.571. The van der Waals surface area contributed by atoms with Crippen LogP contribution in [-0.4, -0.2) is 22.6 Å². The molecule has 3 aromatic rings. The molecule has 4 bridgehead atoms. The Morgan fingerprint density at radius 2 is 1.65 bits per heavy atom. The van der Waals surface area contributed by atoms with Crippen molar-refractivity contribution in [1.82, 2.24) is 9.88 Å². The zero-order chi connectivity index (χ0) is 26.6. The van der Waals surface area contributed by atoms with Crippen LogP contribution in [-0.2, 0) is 11.3 Å². The first-order valence-corrected chi connectivity index (χ1v) is 15.6. The van der Waals surface area contributed by atoms with Crippen molar-refractivity contribution in [1.29, 1.82) is 0 Å². The summed E-state index contributed by atoms with van der Waals surface area (Å²) in [5.41, 5.74) is 11.7. The smallest absolute Gasteiger partial charge is 0.221 e. The molecule has 5 fully saturated rings. The fourth-order valence-corrected chi connectivity index (χ4v) is 9.56. The molecule has 0 saturated heterocycles. The molecule has 214 valence electrons. The molecule has 0 aliphatic heterocycles. The van der Waals surface area contributed by atoms with Gasteiger partial charge in [-0.1, -0.05) is 48.0 Å². The summed E-state index contributed by atoms with van der Waals surface area (Å²) in [5, 5.41) is 4.69. The molecule has 8 rings (SSSR count). The summed E-state index contributed by atoms with van der Waals surface area (Å²) in [7, 11) is 0. The second-order valence-electron chi connectivity index (χ2n) is 14.0. The summed E-state index contributed by atoms with van der Waals surface area (Å²) in [5.74, 6) is 3.07. The SMILES string of the molecule is Cc1cccc(C(CC(=O)N[C@H]2CC[C@@H](N)CC2)c2cn(CC34CC5CC(CC(C5)C3)C4)c3ccccc23)c1.Cl. The van der Waals surface area contributed by atoms with E-state index in [9.17, 15) is 4.79 Å². The van der Waals surface area contributed by atoms with Crippen molar-refractivity contribution in [3.05, 3.63) is 71.4 Å². The third kappa shape index (κ3) is 5.46. The molecule has 0 spiro atoms. The van der Waals surface area contributed by atoms with Crippen LogP contribution in [0.25, 0.3) is 10.9 Å². The number of rotatable bonds is 7. The molecule has 1 aromatic heterocycles. The van der Waals surface area contributed by atoms with Crippen LogP contribution in [0.2, 0.25) is 0 Å². The van der Waals surface area contributed by atoms with Crippen LogP contribution in [0.4, 0.5) is 0 Å². The lowest BCUT2D eigenvalue weighted by Gasteiger charge is -2.57. The van der Waals surface area contributed by atoms with Crippen molar-refractivity contribution < 1.29 is 4.79 Å². The number of carbonyl (C=O) groups excluding carboxylic acids is 1. The quantitative estimate of drug-likeness (QED) is 0.315. The molecule has 0 radical (unpaired) electrons. The largest absolute Gasteiger partial charge is 0.353 e. The number of para-hydroxylation sites is 1. The van der Waals surface area contributed by atoms with E-state index in [2.05, 4.69) is 71.5 Å². The molecule has 1 unspecified atom stereocenters. The van der Waals surface area contributed by atoms with Crippen LogP contribution in [0.1, 0.15) is 93.2 Å². The maximum atomic E-state index is 13.5. The van der Waals surface area contributed by atoms with Gasteiger partial charge in [0.25, 0.3) is 0 Å². The van der Waals surface area contributed by atoms with Crippen LogP contribution in [0, 0.1) is 30.1 Å². The van der Waals surface area contributed by atoms with Gasteiger partial charge in [-0.3, -0.25) is 4.79 Å². The minimum Gasteiger partial charge on any atom is -0.353 e. The van der Waals surface area contributed by atoms with E-state index in [4.69, 9.17) is 5.73 Å². The van der Waals surface area contributed by atoms with Crippen LogP contribution in [0.3, 0.4) is 0 Å². The topological polar surface area (TPSA) is 60.1 Å². The Balaban J connectivity index is 0.00000289. The van der Waals surface area contributed by atoms with Gasteiger partial charge in [0, 0.05) is 48.1 Å². The monoisotopic (exact) mass is 559 g/mol. The highest BCUT2D eigenvalue weighted by molar-refractivity contribution is 5.87. The molecule has 5 aliphatic rings. The van der Waals surface area contributed by atoms with Crippen LogP contribution >= 0.6 is 12.4 Å². The Morgan fingerprint density at radius 3 is 2.33 bits per heavy atom. The molecule has 1 atom stereocenters. The first-order chi connectivity index (χ1) is 18.9. The second-order valence-corrected chi connectivity index (χ2v) is 14.0. The molecule has 2 aromatic carbocycles. The number of nitrogens with zero attached hydrogens (tertiary/aromatic N) is 1. The van der Waals surface area contributed by atoms with Crippen molar-refractivity contribution in [3.63, 3.8) is 0 Å². The fourth-order valence-electron chi connectivity index (χ4n) is 9.56. The zero-order valence-electron chi connectivity index (χ0n) is 24.0. The van der Waals surface area contributed by atoms with Crippen LogP contribution in [0.5, 0.6) is 0 Å². The van der Waals surface area contributed by atoms with Crippen molar-refractivity contribution >= 4 is 29.2 Å². The van der Waals surface area contributed by atoms with Crippen molar-refractivity contribution in [3.8, 4) is 0 Å². The number of nitrogens with two attached hydrogens (primary N) is 1. The molecule has 5 aliphatic carbocycles. The van der Waals surface area contributed by atoms with Gasteiger partial charge in [-0.15, -0.1) is 12.4 Å². The number of hydrogen-bond acceptors (Lipinski definition) is 2. The summed E-state index contributed by atoms with van der Waals surface area (Å²) >= 11 is 0. The van der Waals surface area contributed by atoms with E-state index >= 15 is 0 Å². The Hall–Kier alpha value is -2.30. The first kappa shape index (κ1) is 27.8. The highest BCUT2D eigenvalue weighted by Gasteiger charge is 2.51. The van der Waals surface area contributed by atoms with Gasteiger partial charge in [-0.2, -0.15) is 0 Å². The van der Waals surface area contributed by atoms with Gasteiger partial charge in [-0.05, 0) is 111 Å². The summed E-state index contributed by atoms with van der Waals surface area (Å²) in [6.07, 6.45) is 15.6. The van der Waals surface area contributed by atoms with Crippen LogP contribution < -0.4 is 11.1 Å². The first-order valence-electron chi connectivity index (χ1n) is 15.6. The van der Waals surface area contributed by atoms with Gasteiger partial charge in [-0.25, -0.2) is 0 Å². The Kier molecular flexibility index (Phi) is 7.78. The van der Waals surface area contributed by atoms with Gasteiger partial charge < -0.3 is 15.6 Å². The lowest BCUT2D eigenvalue weighted by atomic mass is 9.49. The second kappa shape index (κ2) is 11.2. The number of aromatic nitrogens is 1. The molecule has 40 heavy (non-hydrogen) atoms. The van der Waals surface area contributed by atoms with E-state index in [1.54, 1.807) is 0 Å². The van der Waals surface area contributed by atoms with E-state index in [-0.39, 0.29) is 30.3 Å². The number of amides is 1. The summed E-state index contributed by atoms with van der Waals surface area (Å²) in [4.78, 5) is 13.5. The van der Waals surface area contributed by atoms with E-state index in [0.29, 0.717) is 17.9 Å². The predicted octanol–water partition coefficient (Wildman–Crippen LogP) is 7.50. The van der Waals surface area contributed by atoms with Gasteiger partial charge in [0.15, 0.2) is 0 Å². The molecule has 1 heterocycles. The van der Waals surface area contributed by atoms with Crippen molar-refractivity contribution in [2.45, 2.75) is 102 Å². The van der Waals surface area contributed by atoms with Gasteiger partial charge in [0.05, 0.1) is 0 Å². The summed E-state index contributed by atoms with van der Waals surface area (Å²) in [6, 6.07) is 18.3. The van der Waals surface area contributed by atoms with Crippen molar-refractivity contribution in [2.24, 2.45) is 28.9 Å². The number of benzene rings is 2. The highest BCUT2D eigenvalue weighted by atomic mass is 35.5. The lowest BCUT2D eigenvalue weighted by molar-refractivity contribution is -0.122. The number of hydrogen-bond donors (Lipinski definition) is 2. The number of halogens is 1. The van der Waals surface area contributed by atoms with E-state index < -0.39 is 0 Å². The molecular weight excluding hydrogens is 514 g/mol. The van der Waals surface area contributed by atoms with Gasteiger partial charge >= 0.3 is 0 Å². The lowest BCUT2D eigenvalue weighted by Crippen LogP contribution is -2.47. The Labute approximate surface area is 245 Å². The van der Waals surface area contributed by atoms with Crippen LogP contribution in [0.15, 0.2) is 54.7 Å². The third-order valence-corrected chi connectivity index (χ3v) is 10.8. The van der Waals surface area contributed by atoms with Crippen molar-refractivity contribution in [2.75, 3.05) is 0 Å². The predicted molar refractivity (Wildman–Crippen MR) is 166 cm³/mol. The standard InChI is InChI=1S/C35H45N3O.ClH/c1-23-5-4-6-27(13-23)31(17-34(39)37-29-11-9-28(36)10-12-29)32-21-38(33-8-3-2-7-30(32)33)22-35-18-24-14-25(19-35)16-26(15-24)20-35;/h2-8,13,21,24-26,28-29,31H,9-12,14-20,22,36H2,1H3,(H,37,39);1H/t24?,25?,26?,28-,29+,31?,35?;. The number of fused-ring (bicyclic) bond motifs is 1. The minimum absolute atomic E-state index is 0. The molecule has 5 saturated carbocycles. The third-order valence-electron chi connectivity index (χ3n) is 10.8. The average molecular weight is 560 g/mol. The Morgan fingerprint density at radius 1 is 0.975 bits per heavy atom. The summed E-state index contributed by atoms with van der Waals surface area (Å²) in [6.45, 7) is 3.29. The van der Waals surface area contributed by atoms with Gasteiger partial charge in [0.1, 0.15) is 0 Å². The van der Waals surface area contributed by atoms with E-state index in [1.165, 1.54) is 66.1 Å². The maximum absolute atomic E-state index is 13.5. The number of aryl methyl sites for hydroxylation is 1. The molecule has 5 heteroatoms. The normalized spacial score (nSPS) is 31.6. The number of nitrogens with one attached hydrogen (secondary N) is 1. The maximum Gasteiger partial charge on any atom is 0.221 e. The molecule has 4 nitrogen and oxygen atoms in total. The van der Waals surface area contributed by atoms with E-state index in [0.717, 1.165) is 50.0 Å². The molecule has 1 amide bonds. The minimum atomic E-state index is 0. The molecule has 3 N–H and O–H groups in total. The van der Waals surface area contributed by atoms with E-state index in [1.807, 2.05) is 0 Å². The summed E-state index contributed by atoms with van der Waals surface area (Å²) < 4.78 is 2.58. The zero-order valence-corrected chi connectivity index (χ0v) is 24.8. The molecular formula is C35H46ClN3O. The number of carbonyl (C=O) groups is 1. The van der Waals surface area contributed by atoms with Gasteiger partial charge in [0.2, 0.25) is 5.91 Å². The average Bonchev–Trinajstić information content (AvgIpc) is 3.25. The Bertz CT molecular complexity index is 1320.